The molecule has 0 aliphatic heterocycles. The highest BCUT2D eigenvalue weighted by molar-refractivity contribution is 7.13. The number of nitrogens with one attached hydrogen (secondary N) is 1. The molecule has 0 fully saturated rings. The van der Waals surface area contributed by atoms with Crippen molar-refractivity contribution < 1.29 is 4.79 Å². The molecule has 1 aromatic carbocycles. The van der Waals surface area contributed by atoms with Crippen molar-refractivity contribution in [2.24, 2.45) is 14.1 Å². The van der Waals surface area contributed by atoms with Crippen molar-refractivity contribution >= 4 is 34.0 Å². The molecule has 0 saturated heterocycles. The summed E-state index contributed by atoms with van der Waals surface area (Å²) in [6.07, 6.45) is 1.74. The van der Waals surface area contributed by atoms with Gasteiger partial charge in [0.1, 0.15) is 16.3 Å². The molecule has 3 heterocycles. The number of thiazole rings is 1. The number of amides is 1. The lowest BCUT2D eigenvalue weighted by Gasteiger charge is -2.09. The lowest BCUT2D eigenvalue weighted by Crippen LogP contribution is -2.37. The van der Waals surface area contributed by atoms with Crippen LogP contribution in [0, 0.1) is 0 Å². The van der Waals surface area contributed by atoms with Gasteiger partial charge < -0.3 is 5.32 Å². The van der Waals surface area contributed by atoms with Crippen LogP contribution in [0.1, 0.15) is 10.5 Å². The first-order valence-corrected chi connectivity index (χ1v) is 9.22. The zero-order valence-electron chi connectivity index (χ0n) is 15.0. The maximum absolute atomic E-state index is 12.6. The predicted molar refractivity (Wildman–Crippen MR) is 108 cm³/mol. The van der Waals surface area contributed by atoms with E-state index in [4.69, 9.17) is 0 Å². The Kier molecular flexibility index (Phi) is 4.36. The molecule has 3 aromatic heterocycles. The van der Waals surface area contributed by atoms with Gasteiger partial charge in [0.15, 0.2) is 0 Å². The highest BCUT2D eigenvalue weighted by atomic mass is 32.1. The molecule has 1 N–H and O–H groups in total. The summed E-state index contributed by atoms with van der Waals surface area (Å²) in [6.45, 7) is 0. The molecular formula is C19H15N5O3S. The number of rotatable bonds is 3. The van der Waals surface area contributed by atoms with Crippen LogP contribution in [-0.4, -0.2) is 25.0 Å². The Morgan fingerprint density at radius 3 is 2.46 bits per heavy atom. The van der Waals surface area contributed by atoms with Gasteiger partial charge in [-0.2, -0.15) is 0 Å². The number of nitrogens with zero attached hydrogens (tertiary/aromatic N) is 4. The van der Waals surface area contributed by atoms with E-state index >= 15 is 0 Å². The van der Waals surface area contributed by atoms with Gasteiger partial charge in [0.25, 0.3) is 11.5 Å². The van der Waals surface area contributed by atoms with Crippen molar-refractivity contribution in [3.63, 3.8) is 0 Å². The minimum Gasteiger partial charge on any atom is -0.321 e. The van der Waals surface area contributed by atoms with Crippen LogP contribution in [0.3, 0.4) is 0 Å². The van der Waals surface area contributed by atoms with E-state index in [1.807, 2.05) is 17.5 Å². The quantitative estimate of drug-likeness (QED) is 0.574. The molecule has 140 valence electrons. The van der Waals surface area contributed by atoms with Gasteiger partial charge in [-0.15, -0.1) is 11.3 Å². The van der Waals surface area contributed by atoms with Gasteiger partial charge in [-0.05, 0) is 36.4 Å². The Balaban J connectivity index is 1.64. The first-order chi connectivity index (χ1) is 13.5. The summed E-state index contributed by atoms with van der Waals surface area (Å²) in [5.74, 6) is -0.433. The van der Waals surface area contributed by atoms with Crippen molar-refractivity contribution in [1.82, 2.24) is 19.1 Å². The molecule has 4 aromatic rings. The zero-order chi connectivity index (χ0) is 19.8. The summed E-state index contributed by atoms with van der Waals surface area (Å²) in [5, 5.41) is 5.84. The second kappa shape index (κ2) is 6.86. The molecule has 1 amide bonds. The van der Waals surface area contributed by atoms with Crippen molar-refractivity contribution in [2.45, 2.75) is 0 Å². The third-order valence-electron chi connectivity index (χ3n) is 4.36. The first kappa shape index (κ1) is 17.8. The van der Waals surface area contributed by atoms with E-state index in [-0.39, 0.29) is 16.7 Å². The van der Waals surface area contributed by atoms with Crippen molar-refractivity contribution in [2.75, 3.05) is 5.32 Å². The molecule has 9 heteroatoms. The van der Waals surface area contributed by atoms with Crippen LogP contribution >= 0.6 is 11.3 Å². The van der Waals surface area contributed by atoms with Gasteiger partial charge in [-0.1, -0.05) is 0 Å². The van der Waals surface area contributed by atoms with Crippen molar-refractivity contribution in [1.29, 1.82) is 0 Å². The number of hydrogen-bond donors (Lipinski definition) is 1. The molecule has 28 heavy (non-hydrogen) atoms. The van der Waals surface area contributed by atoms with Gasteiger partial charge in [0, 0.05) is 36.9 Å². The fourth-order valence-corrected chi connectivity index (χ4v) is 3.48. The summed E-state index contributed by atoms with van der Waals surface area (Å²) >= 11 is 1.53. The Morgan fingerprint density at radius 2 is 1.79 bits per heavy atom. The van der Waals surface area contributed by atoms with Crippen LogP contribution in [-0.2, 0) is 14.1 Å². The Morgan fingerprint density at radius 1 is 1.04 bits per heavy atom. The SMILES string of the molecule is Cn1c(=O)c2ccc(C(=O)Nc3ccc(-c4nccs4)cc3)nc2n(C)c1=O. The molecule has 0 aliphatic rings. The maximum Gasteiger partial charge on any atom is 0.332 e. The Bertz CT molecular complexity index is 1300. The topological polar surface area (TPSA) is 98.9 Å². The minimum absolute atomic E-state index is 0.111. The second-order valence-corrected chi connectivity index (χ2v) is 7.04. The largest absolute Gasteiger partial charge is 0.332 e. The number of carbonyl (C=O) groups is 1. The molecule has 0 atom stereocenters. The first-order valence-electron chi connectivity index (χ1n) is 8.34. The van der Waals surface area contributed by atoms with Crippen LogP contribution in [0.4, 0.5) is 5.69 Å². The molecule has 0 unspecified atom stereocenters. The van der Waals surface area contributed by atoms with Crippen molar-refractivity contribution in [3.05, 3.63) is 74.5 Å². The molecular weight excluding hydrogens is 378 g/mol. The predicted octanol–water partition coefficient (Wildman–Crippen LogP) is 2.01. The van der Waals surface area contributed by atoms with Crippen LogP contribution < -0.4 is 16.6 Å². The smallest absolute Gasteiger partial charge is 0.321 e. The maximum atomic E-state index is 12.6. The van der Waals surface area contributed by atoms with Gasteiger partial charge in [0.2, 0.25) is 0 Å². The number of fused-ring (bicyclic) bond motifs is 1. The highest BCUT2D eigenvalue weighted by Crippen LogP contribution is 2.23. The van der Waals surface area contributed by atoms with Gasteiger partial charge in [-0.25, -0.2) is 14.8 Å². The number of carbonyl (C=O) groups excluding carboxylic acids is 1. The fourth-order valence-electron chi connectivity index (χ4n) is 2.84. The van der Waals surface area contributed by atoms with Gasteiger partial charge in [-0.3, -0.25) is 18.7 Å². The number of pyridine rings is 1. The van der Waals surface area contributed by atoms with Crippen LogP contribution in [0.25, 0.3) is 21.6 Å². The standard InChI is InChI=1S/C19H15N5O3S/c1-23-15-13(18(26)24(2)19(23)27)7-8-14(22-15)16(25)21-12-5-3-11(4-6-12)17-20-9-10-28-17/h3-10H,1-2H3,(H,21,25). The van der Waals surface area contributed by atoms with E-state index in [2.05, 4.69) is 15.3 Å². The molecule has 0 radical (unpaired) electrons. The number of aromatic nitrogens is 4. The molecule has 0 saturated carbocycles. The molecule has 0 spiro atoms. The molecule has 8 nitrogen and oxygen atoms in total. The van der Waals surface area contributed by atoms with E-state index in [0.717, 1.165) is 15.1 Å². The summed E-state index contributed by atoms with van der Waals surface area (Å²) in [6, 6.07) is 10.3. The fraction of sp³-hybridized carbons (Fsp3) is 0.105. The minimum atomic E-state index is -0.500. The normalized spacial score (nSPS) is 10.9. The number of aryl methyl sites for hydroxylation is 1. The second-order valence-electron chi connectivity index (χ2n) is 6.14. The molecule has 0 bridgehead atoms. The summed E-state index contributed by atoms with van der Waals surface area (Å²) in [5.41, 5.74) is 0.892. The van der Waals surface area contributed by atoms with E-state index in [9.17, 15) is 14.4 Å². The van der Waals surface area contributed by atoms with E-state index in [0.29, 0.717) is 5.69 Å². The van der Waals surface area contributed by atoms with E-state index < -0.39 is 17.2 Å². The van der Waals surface area contributed by atoms with E-state index in [1.165, 1.54) is 42.1 Å². The molecule has 0 aliphatic carbocycles. The third kappa shape index (κ3) is 3.01. The lowest BCUT2D eigenvalue weighted by molar-refractivity contribution is 0.102. The average molecular weight is 393 g/mol. The van der Waals surface area contributed by atoms with Gasteiger partial charge in [0.05, 0.1) is 5.39 Å². The van der Waals surface area contributed by atoms with Gasteiger partial charge >= 0.3 is 5.69 Å². The summed E-state index contributed by atoms with van der Waals surface area (Å²) < 4.78 is 2.25. The zero-order valence-corrected chi connectivity index (χ0v) is 15.9. The third-order valence-corrected chi connectivity index (χ3v) is 5.18. The molecule has 4 rings (SSSR count). The number of hydrogen-bond acceptors (Lipinski definition) is 6. The van der Waals surface area contributed by atoms with Crippen LogP contribution in [0.2, 0.25) is 0 Å². The van der Waals surface area contributed by atoms with Crippen LogP contribution in [0.5, 0.6) is 0 Å². The summed E-state index contributed by atoms with van der Waals surface area (Å²) in [4.78, 5) is 45.3. The lowest BCUT2D eigenvalue weighted by atomic mass is 10.2. The van der Waals surface area contributed by atoms with Crippen molar-refractivity contribution in [3.8, 4) is 10.6 Å². The number of anilines is 1. The highest BCUT2D eigenvalue weighted by Gasteiger charge is 2.14. The van der Waals surface area contributed by atoms with E-state index in [1.54, 1.807) is 18.3 Å². The Hall–Kier alpha value is -3.59. The summed E-state index contributed by atoms with van der Waals surface area (Å²) in [7, 11) is 2.91. The monoisotopic (exact) mass is 393 g/mol. The Labute approximate surface area is 162 Å². The number of benzene rings is 1. The average Bonchev–Trinajstić information content (AvgIpc) is 3.25. The van der Waals surface area contributed by atoms with Crippen LogP contribution in [0.15, 0.2) is 57.6 Å².